The van der Waals surface area contributed by atoms with Gasteiger partial charge in [0.25, 0.3) is 0 Å². The van der Waals surface area contributed by atoms with Crippen LogP contribution in [0.5, 0.6) is 0 Å². The Kier molecular flexibility index (Phi) is 16.8. The Labute approximate surface area is 159 Å². The van der Waals surface area contributed by atoms with Crippen LogP contribution in [-0.4, -0.2) is 49.2 Å². The molecule has 1 unspecified atom stereocenters. The first-order valence-corrected chi connectivity index (χ1v) is 9.87. The molecule has 0 saturated heterocycles. The molecule has 0 spiro atoms. The number of carbonyl (C=O) groups is 1. The summed E-state index contributed by atoms with van der Waals surface area (Å²) in [6.07, 6.45) is 11.1. The summed E-state index contributed by atoms with van der Waals surface area (Å²) in [5.41, 5.74) is 0. The van der Waals surface area contributed by atoms with E-state index in [1.54, 1.807) is 13.8 Å². The molecule has 0 rings (SSSR count). The summed E-state index contributed by atoms with van der Waals surface area (Å²) in [5, 5.41) is -0.621. The summed E-state index contributed by atoms with van der Waals surface area (Å²) >= 11 is 0. The van der Waals surface area contributed by atoms with Gasteiger partial charge in [0.05, 0.1) is 5.25 Å². The maximum atomic E-state index is 11.6. The van der Waals surface area contributed by atoms with Crippen LogP contribution in [-0.2, 0) is 19.1 Å². The zero-order valence-corrected chi connectivity index (χ0v) is 17.7. The smallest absolute Gasteiger partial charge is 0.322 e. The molecule has 0 aliphatic carbocycles. The van der Waals surface area contributed by atoms with Gasteiger partial charge in [0.1, 0.15) is 0 Å². The second-order valence-corrected chi connectivity index (χ2v) is 7.70. The second kappa shape index (κ2) is 15.0. The Balaban J connectivity index is 0. The Morgan fingerprint density at radius 1 is 0.909 bits per heavy atom. The van der Waals surface area contributed by atoms with Crippen LogP contribution < -0.4 is 0 Å². The van der Waals surface area contributed by atoms with Crippen LogP contribution in [0.4, 0.5) is 0 Å². The molecule has 0 heterocycles. The molecule has 1 atom stereocenters. The van der Waals surface area contributed by atoms with Gasteiger partial charge in [-0.25, -0.2) is 0 Å². The normalized spacial score (nSPS) is 12.5. The monoisotopic (exact) mass is 343 g/mol. The van der Waals surface area contributed by atoms with Crippen molar-refractivity contribution in [2.45, 2.75) is 96.7 Å². The van der Waals surface area contributed by atoms with Crippen molar-refractivity contribution in [3.63, 3.8) is 0 Å². The summed E-state index contributed by atoms with van der Waals surface area (Å²) in [4.78, 5) is 11.5. The van der Waals surface area contributed by atoms with Crippen LogP contribution in [0.3, 0.4) is 0 Å². The van der Waals surface area contributed by atoms with E-state index >= 15 is 0 Å². The van der Waals surface area contributed by atoms with Gasteiger partial charge >= 0.3 is 16.1 Å². The molecule has 127 valence electrons. The predicted octanol–water partition coefficient (Wildman–Crippen LogP) is 4.20. The minimum atomic E-state index is -3.72. The number of hydrogen-bond acceptors (Lipinski definition) is 4. The minimum Gasteiger partial charge on any atom is -0.346 e. The minimum absolute atomic E-state index is 0. The molecule has 0 saturated carbocycles. The van der Waals surface area contributed by atoms with E-state index < -0.39 is 21.3 Å². The van der Waals surface area contributed by atoms with Gasteiger partial charge in [-0.15, -0.1) is 0 Å². The summed E-state index contributed by atoms with van der Waals surface area (Å²) in [6, 6.07) is 0. The van der Waals surface area contributed by atoms with Gasteiger partial charge in [-0.1, -0.05) is 65.2 Å². The third kappa shape index (κ3) is 12.9. The molecule has 0 aromatic rings. The average Bonchev–Trinajstić information content (AvgIpc) is 2.44. The molecule has 0 amide bonds. The maximum Gasteiger partial charge on any atom is 0.322 e. The van der Waals surface area contributed by atoms with Gasteiger partial charge in [-0.05, 0) is 19.8 Å². The SMILES string of the molecule is CCCCCCCCCCCC(=O)OS(=O)(=O)C(C)CC.[Na]. The fraction of sp³-hybridized carbons (Fsp3) is 0.938. The van der Waals surface area contributed by atoms with Gasteiger partial charge in [0.2, 0.25) is 0 Å². The van der Waals surface area contributed by atoms with Crippen LogP contribution >= 0.6 is 0 Å². The quantitative estimate of drug-likeness (QED) is 0.286. The van der Waals surface area contributed by atoms with Crippen molar-refractivity contribution in [3.05, 3.63) is 0 Å². The van der Waals surface area contributed by atoms with Gasteiger partial charge in [0, 0.05) is 36.0 Å². The number of carbonyl (C=O) groups excluding carboxylic acids is 1. The molecule has 6 heteroatoms. The Bertz CT molecular complexity index is 368. The summed E-state index contributed by atoms with van der Waals surface area (Å²) < 4.78 is 27.8. The van der Waals surface area contributed by atoms with E-state index in [2.05, 4.69) is 11.1 Å². The molecule has 0 aliphatic rings. The standard InChI is InChI=1S/C16H32O4S.Na/c1-4-6-7-8-9-10-11-12-13-14-16(17)20-21(18,19)15(3)5-2;/h15H,4-14H2,1-3H3;. The average molecular weight is 343 g/mol. The van der Waals surface area contributed by atoms with Crippen molar-refractivity contribution in [3.8, 4) is 0 Å². The predicted molar refractivity (Wildman–Crippen MR) is 92.4 cm³/mol. The fourth-order valence-electron chi connectivity index (χ4n) is 2.04. The number of rotatable bonds is 13. The Hall–Kier alpha value is 0.420. The largest absolute Gasteiger partial charge is 0.346 e. The van der Waals surface area contributed by atoms with Crippen LogP contribution in [0.2, 0.25) is 0 Å². The van der Waals surface area contributed by atoms with Crippen LogP contribution in [0.1, 0.15) is 91.4 Å². The van der Waals surface area contributed by atoms with Gasteiger partial charge in [0.15, 0.2) is 0 Å². The number of unbranched alkanes of at least 4 members (excludes halogenated alkanes) is 8. The summed E-state index contributed by atoms with van der Waals surface area (Å²) in [7, 11) is -3.72. The molecule has 0 N–H and O–H groups in total. The van der Waals surface area contributed by atoms with Crippen molar-refractivity contribution < 1.29 is 17.4 Å². The van der Waals surface area contributed by atoms with E-state index in [-0.39, 0.29) is 36.0 Å². The zero-order chi connectivity index (χ0) is 16.1. The van der Waals surface area contributed by atoms with E-state index in [0.29, 0.717) is 12.8 Å². The van der Waals surface area contributed by atoms with Crippen LogP contribution in [0, 0.1) is 0 Å². The third-order valence-electron chi connectivity index (χ3n) is 3.76. The molecule has 1 radical (unpaired) electrons. The molecule has 4 nitrogen and oxygen atoms in total. The van der Waals surface area contributed by atoms with E-state index in [1.165, 1.54) is 38.5 Å². The van der Waals surface area contributed by atoms with Gasteiger partial charge in [-0.2, -0.15) is 8.42 Å². The zero-order valence-electron chi connectivity index (χ0n) is 14.9. The molecule has 0 aliphatic heterocycles. The second-order valence-electron chi connectivity index (χ2n) is 5.75. The van der Waals surface area contributed by atoms with Crippen LogP contribution in [0.25, 0.3) is 0 Å². The Morgan fingerprint density at radius 2 is 1.36 bits per heavy atom. The first-order chi connectivity index (χ1) is 9.94. The maximum absolute atomic E-state index is 11.6. The third-order valence-corrected chi connectivity index (χ3v) is 5.50. The molecular formula is C16H32NaO4S. The van der Waals surface area contributed by atoms with Crippen molar-refractivity contribution in [2.24, 2.45) is 0 Å². The van der Waals surface area contributed by atoms with Crippen molar-refractivity contribution in [2.75, 3.05) is 0 Å². The molecule has 22 heavy (non-hydrogen) atoms. The van der Waals surface area contributed by atoms with E-state index in [1.807, 2.05) is 0 Å². The molecule has 0 aromatic heterocycles. The van der Waals surface area contributed by atoms with E-state index in [4.69, 9.17) is 0 Å². The molecule has 0 fully saturated rings. The fourth-order valence-corrected chi connectivity index (χ4v) is 2.95. The topological polar surface area (TPSA) is 60.4 Å². The van der Waals surface area contributed by atoms with Gasteiger partial charge < -0.3 is 4.18 Å². The first-order valence-electron chi connectivity index (χ1n) is 8.40. The van der Waals surface area contributed by atoms with Crippen molar-refractivity contribution in [1.29, 1.82) is 0 Å². The van der Waals surface area contributed by atoms with Crippen molar-refractivity contribution >= 4 is 45.6 Å². The number of hydrogen-bond donors (Lipinski definition) is 0. The van der Waals surface area contributed by atoms with Gasteiger partial charge in [-0.3, -0.25) is 4.79 Å². The van der Waals surface area contributed by atoms with E-state index in [0.717, 1.165) is 12.8 Å². The molecular weight excluding hydrogens is 311 g/mol. The van der Waals surface area contributed by atoms with Crippen LogP contribution in [0.15, 0.2) is 0 Å². The van der Waals surface area contributed by atoms with E-state index in [9.17, 15) is 13.2 Å². The summed E-state index contributed by atoms with van der Waals surface area (Å²) in [6.45, 7) is 5.53. The Morgan fingerprint density at radius 3 is 1.82 bits per heavy atom. The molecule has 0 bridgehead atoms. The summed E-state index contributed by atoms with van der Waals surface area (Å²) in [5.74, 6) is -0.613. The van der Waals surface area contributed by atoms with Crippen molar-refractivity contribution in [1.82, 2.24) is 0 Å². The first kappa shape index (κ1) is 24.7. The molecule has 0 aromatic carbocycles.